The number of carbonyl (C=O) groups excluding carboxylic acids is 1. The average Bonchev–Trinajstić information content (AvgIpc) is 3.27. The van der Waals surface area contributed by atoms with Gasteiger partial charge in [0.15, 0.2) is 17.3 Å². The number of furan rings is 1. The number of aromatic nitrogens is 2. The molecule has 0 radical (unpaired) electrons. The van der Waals surface area contributed by atoms with Crippen molar-refractivity contribution in [1.82, 2.24) is 15.1 Å². The quantitative estimate of drug-likeness (QED) is 0.566. The molecule has 1 aromatic carbocycles. The summed E-state index contributed by atoms with van der Waals surface area (Å²) in [5.41, 5.74) is 1.95. The first-order valence-electron chi connectivity index (χ1n) is 8.82. The molecule has 0 bridgehead atoms. The van der Waals surface area contributed by atoms with Crippen molar-refractivity contribution in [3.05, 3.63) is 63.8 Å². The average molecular weight is 448 g/mol. The van der Waals surface area contributed by atoms with E-state index in [-0.39, 0.29) is 18.3 Å². The second-order valence-corrected chi connectivity index (χ2v) is 6.96. The molecule has 0 aliphatic carbocycles. The van der Waals surface area contributed by atoms with Gasteiger partial charge in [0, 0.05) is 12.2 Å². The molecular weight excluding hydrogens is 426 g/mol. The maximum Gasteiger partial charge on any atom is 0.287 e. The molecule has 0 aliphatic rings. The first kappa shape index (κ1) is 20.0. The van der Waals surface area contributed by atoms with Crippen LogP contribution >= 0.6 is 15.9 Å². The van der Waals surface area contributed by atoms with Gasteiger partial charge in [0.25, 0.3) is 5.91 Å². The van der Waals surface area contributed by atoms with E-state index in [9.17, 15) is 4.79 Å². The molecule has 0 saturated heterocycles. The zero-order valence-corrected chi connectivity index (χ0v) is 17.6. The van der Waals surface area contributed by atoms with Gasteiger partial charge in [0.2, 0.25) is 0 Å². The number of methoxy groups -OCH3 is 1. The van der Waals surface area contributed by atoms with Crippen LogP contribution in [0, 0.1) is 13.8 Å². The lowest BCUT2D eigenvalue weighted by Gasteiger charge is -2.08. The molecule has 148 valence electrons. The van der Waals surface area contributed by atoms with Crippen LogP contribution in [0.2, 0.25) is 0 Å². The molecule has 0 spiro atoms. The molecule has 0 atom stereocenters. The predicted molar refractivity (Wildman–Crippen MR) is 108 cm³/mol. The number of hydrogen-bond donors (Lipinski definition) is 1. The van der Waals surface area contributed by atoms with Gasteiger partial charge in [-0.3, -0.25) is 9.48 Å². The third-order valence-corrected chi connectivity index (χ3v) is 5.37. The number of nitrogens with zero attached hydrogens (tertiary/aromatic N) is 2. The number of para-hydroxylation sites is 2. The Morgan fingerprint density at radius 3 is 2.64 bits per heavy atom. The molecule has 8 heteroatoms. The lowest BCUT2D eigenvalue weighted by atomic mass is 10.3. The Morgan fingerprint density at radius 1 is 1.21 bits per heavy atom. The molecule has 2 heterocycles. The minimum Gasteiger partial charge on any atom is -0.493 e. The molecule has 3 rings (SSSR count). The molecule has 28 heavy (non-hydrogen) atoms. The van der Waals surface area contributed by atoms with Crippen LogP contribution in [0.15, 0.2) is 45.3 Å². The fourth-order valence-electron chi connectivity index (χ4n) is 2.72. The summed E-state index contributed by atoms with van der Waals surface area (Å²) in [6.45, 7) is 5.14. The number of carbonyl (C=O) groups is 1. The molecule has 3 aromatic rings. The summed E-state index contributed by atoms with van der Waals surface area (Å²) in [6, 6.07) is 10.7. The van der Waals surface area contributed by atoms with E-state index in [1.165, 1.54) is 0 Å². The molecule has 0 unspecified atom stereocenters. The minimum absolute atomic E-state index is 0.202. The highest BCUT2D eigenvalue weighted by Gasteiger charge is 2.13. The van der Waals surface area contributed by atoms with Crippen molar-refractivity contribution in [2.75, 3.05) is 13.7 Å². The second-order valence-electron chi connectivity index (χ2n) is 6.17. The van der Waals surface area contributed by atoms with Crippen molar-refractivity contribution < 1.29 is 18.7 Å². The van der Waals surface area contributed by atoms with Crippen molar-refractivity contribution in [3.63, 3.8) is 0 Å². The minimum atomic E-state index is -0.274. The maximum absolute atomic E-state index is 12.3. The predicted octanol–water partition coefficient (Wildman–Crippen LogP) is 3.87. The van der Waals surface area contributed by atoms with Gasteiger partial charge in [-0.05, 0) is 54.0 Å². The molecule has 2 aromatic heterocycles. The Morgan fingerprint density at radius 2 is 1.96 bits per heavy atom. The van der Waals surface area contributed by atoms with E-state index in [4.69, 9.17) is 13.9 Å². The van der Waals surface area contributed by atoms with Crippen LogP contribution in [0.4, 0.5) is 0 Å². The van der Waals surface area contributed by atoms with E-state index in [1.807, 2.05) is 42.8 Å². The number of halogens is 1. The summed E-state index contributed by atoms with van der Waals surface area (Å²) in [5, 5.41) is 7.26. The van der Waals surface area contributed by atoms with E-state index in [1.54, 1.807) is 19.2 Å². The molecule has 1 N–H and O–H groups in total. The van der Waals surface area contributed by atoms with Gasteiger partial charge in [-0.1, -0.05) is 12.1 Å². The Hall–Kier alpha value is -2.74. The highest BCUT2D eigenvalue weighted by molar-refractivity contribution is 9.10. The monoisotopic (exact) mass is 447 g/mol. The Bertz CT molecular complexity index is 964. The summed E-state index contributed by atoms with van der Waals surface area (Å²) in [7, 11) is 1.59. The van der Waals surface area contributed by atoms with Crippen molar-refractivity contribution in [3.8, 4) is 11.5 Å². The smallest absolute Gasteiger partial charge is 0.287 e. The lowest BCUT2D eigenvalue weighted by molar-refractivity contribution is 0.0920. The summed E-state index contributed by atoms with van der Waals surface area (Å²) in [6.07, 6.45) is 0. The van der Waals surface area contributed by atoms with Gasteiger partial charge in [0.05, 0.1) is 23.8 Å². The number of nitrogens with one attached hydrogen (secondary N) is 1. The van der Waals surface area contributed by atoms with Crippen molar-refractivity contribution in [1.29, 1.82) is 0 Å². The third-order valence-electron chi connectivity index (χ3n) is 4.23. The van der Waals surface area contributed by atoms with Crippen LogP contribution < -0.4 is 14.8 Å². The zero-order chi connectivity index (χ0) is 20.1. The lowest BCUT2D eigenvalue weighted by Crippen LogP contribution is -2.27. The number of rotatable bonds is 8. The summed E-state index contributed by atoms with van der Waals surface area (Å²) in [5.74, 6) is 1.78. The molecule has 1 amide bonds. The largest absolute Gasteiger partial charge is 0.493 e. The Kier molecular flexibility index (Phi) is 6.41. The van der Waals surface area contributed by atoms with E-state index in [2.05, 4.69) is 26.3 Å². The van der Waals surface area contributed by atoms with Gasteiger partial charge in [0.1, 0.15) is 12.4 Å². The van der Waals surface area contributed by atoms with Gasteiger partial charge in [-0.2, -0.15) is 5.10 Å². The Labute approximate surface area is 171 Å². The van der Waals surface area contributed by atoms with E-state index >= 15 is 0 Å². The van der Waals surface area contributed by atoms with E-state index < -0.39 is 0 Å². The summed E-state index contributed by atoms with van der Waals surface area (Å²) in [4.78, 5) is 12.3. The normalized spacial score (nSPS) is 10.7. The van der Waals surface area contributed by atoms with Crippen LogP contribution in [0.1, 0.15) is 27.7 Å². The van der Waals surface area contributed by atoms with Crippen LogP contribution in [-0.2, 0) is 13.2 Å². The number of aryl methyl sites for hydroxylation is 1. The van der Waals surface area contributed by atoms with Crippen LogP contribution in [-0.4, -0.2) is 29.3 Å². The number of amides is 1. The fraction of sp³-hybridized carbons (Fsp3) is 0.300. The van der Waals surface area contributed by atoms with E-state index in [0.717, 1.165) is 15.9 Å². The fourth-order valence-corrected chi connectivity index (χ4v) is 3.00. The van der Waals surface area contributed by atoms with Crippen molar-refractivity contribution in [2.45, 2.75) is 27.0 Å². The third kappa shape index (κ3) is 4.56. The van der Waals surface area contributed by atoms with E-state index in [0.29, 0.717) is 30.3 Å². The molecule has 0 aliphatic heterocycles. The summed E-state index contributed by atoms with van der Waals surface area (Å²) < 4.78 is 19.4. The summed E-state index contributed by atoms with van der Waals surface area (Å²) >= 11 is 3.50. The standard InChI is InChI=1S/C20H22BrN3O4/c1-13-19(21)14(2)24(23-13)11-10-22-20(25)18-9-8-15(28-18)12-27-17-7-5-4-6-16(17)26-3/h4-9H,10-12H2,1-3H3,(H,22,25). The molecule has 0 saturated carbocycles. The Balaban J connectivity index is 1.51. The SMILES string of the molecule is COc1ccccc1OCc1ccc(C(=O)NCCn2nc(C)c(Br)c2C)o1. The highest BCUT2D eigenvalue weighted by atomic mass is 79.9. The number of hydrogen-bond acceptors (Lipinski definition) is 5. The van der Waals surface area contributed by atoms with Gasteiger partial charge in [-0.25, -0.2) is 0 Å². The van der Waals surface area contributed by atoms with Crippen molar-refractivity contribution in [2.24, 2.45) is 0 Å². The first-order valence-corrected chi connectivity index (χ1v) is 9.61. The topological polar surface area (TPSA) is 78.5 Å². The number of benzene rings is 1. The molecule has 0 fully saturated rings. The second kappa shape index (κ2) is 8.97. The van der Waals surface area contributed by atoms with Crippen molar-refractivity contribution >= 4 is 21.8 Å². The highest BCUT2D eigenvalue weighted by Crippen LogP contribution is 2.26. The van der Waals surface area contributed by atoms with Gasteiger partial charge >= 0.3 is 0 Å². The van der Waals surface area contributed by atoms with Gasteiger partial charge < -0.3 is 19.2 Å². The van der Waals surface area contributed by atoms with Crippen LogP contribution in [0.5, 0.6) is 11.5 Å². The number of ether oxygens (including phenoxy) is 2. The zero-order valence-electron chi connectivity index (χ0n) is 16.0. The maximum atomic E-state index is 12.3. The van der Waals surface area contributed by atoms with Crippen LogP contribution in [0.25, 0.3) is 0 Å². The molecular formula is C20H22BrN3O4. The molecule has 7 nitrogen and oxygen atoms in total. The van der Waals surface area contributed by atoms with Gasteiger partial charge in [-0.15, -0.1) is 0 Å². The van der Waals surface area contributed by atoms with Crippen LogP contribution in [0.3, 0.4) is 0 Å². The first-order chi connectivity index (χ1) is 13.5.